The summed E-state index contributed by atoms with van der Waals surface area (Å²) in [6.45, 7) is 8.03. The van der Waals surface area contributed by atoms with Gasteiger partial charge in [0.1, 0.15) is 0 Å². The molecular formula is C13H14N2O. The van der Waals surface area contributed by atoms with Gasteiger partial charge in [-0.1, -0.05) is 18.7 Å². The van der Waals surface area contributed by atoms with Gasteiger partial charge in [-0.2, -0.15) is 5.10 Å². The summed E-state index contributed by atoms with van der Waals surface area (Å²) in [5, 5.41) is 4.20. The van der Waals surface area contributed by atoms with Crippen LogP contribution in [0.1, 0.15) is 12.0 Å². The second kappa shape index (κ2) is 4.66. The summed E-state index contributed by atoms with van der Waals surface area (Å²) in [5.41, 5.74) is 2.03. The van der Waals surface area contributed by atoms with Crippen LogP contribution < -0.4 is 4.74 Å². The van der Waals surface area contributed by atoms with Gasteiger partial charge in [-0.3, -0.25) is 0 Å². The maximum atomic E-state index is 5.64. The van der Waals surface area contributed by atoms with E-state index in [4.69, 9.17) is 4.74 Å². The van der Waals surface area contributed by atoms with Gasteiger partial charge in [-0.25, -0.2) is 4.52 Å². The highest BCUT2D eigenvalue weighted by Crippen LogP contribution is 2.18. The van der Waals surface area contributed by atoms with Gasteiger partial charge < -0.3 is 4.74 Å². The highest BCUT2D eigenvalue weighted by atomic mass is 16.5. The molecule has 3 heteroatoms. The zero-order chi connectivity index (χ0) is 11.4. The average molecular weight is 214 g/mol. The molecule has 0 atom stereocenters. The van der Waals surface area contributed by atoms with E-state index in [1.54, 1.807) is 16.8 Å². The topological polar surface area (TPSA) is 26.5 Å². The fraction of sp³-hybridized carbons (Fsp3) is 0.154. The second-order valence-electron chi connectivity index (χ2n) is 3.42. The molecule has 2 aromatic heterocycles. The lowest BCUT2D eigenvalue weighted by Crippen LogP contribution is -2.02. The Morgan fingerprint density at radius 3 is 3.00 bits per heavy atom. The second-order valence-corrected chi connectivity index (χ2v) is 3.42. The predicted molar refractivity (Wildman–Crippen MR) is 65.6 cm³/mol. The van der Waals surface area contributed by atoms with Crippen LogP contribution in [0.5, 0.6) is 5.88 Å². The molecule has 0 bridgehead atoms. The van der Waals surface area contributed by atoms with Crippen molar-refractivity contribution >= 4 is 11.6 Å². The molecule has 2 rings (SSSR count). The lowest BCUT2D eigenvalue weighted by Gasteiger charge is -2.08. The van der Waals surface area contributed by atoms with E-state index in [1.807, 2.05) is 24.3 Å². The molecule has 16 heavy (non-hydrogen) atoms. The van der Waals surface area contributed by atoms with Crippen molar-refractivity contribution < 1.29 is 4.74 Å². The Hall–Kier alpha value is -2.03. The van der Waals surface area contributed by atoms with Crippen molar-refractivity contribution in [3.8, 4) is 5.88 Å². The Morgan fingerprint density at radius 2 is 2.25 bits per heavy atom. The van der Waals surface area contributed by atoms with Crippen molar-refractivity contribution in [3.63, 3.8) is 0 Å². The molecule has 0 aromatic carbocycles. The lowest BCUT2D eigenvalue weighted by atomic mass is 10.2. The SMILES string of the molecule is C=CCCOc1cc(C=C)cc2ccnn12. The highest BCUT2D eigenvalue weighted by molar-refractivity contribution is 5.59. The first-order valence-corrected chi connectivity index (χ1v) is 5.19. The largest absolute Gasteiger partial charge is 0.477 e. The Morgan fingerprint density at radius 1 is 1.38 bits per heavy atom. The van der Waals surface area contributed by atoms with Crippen LogP contribution in [0.25, 0.3) is 11.6 Å². The molecular weight excluding hydrogens is 200 g/mol. The Labute approximate surface area is 94.7 Å². The maximum absolute atomic E-state index is 5.64. The fourth-order valence-corrected chi connectivity index (χ4v) is 1.49. The van der Waals surface area contributed by atoms with E-state index in [-0.39, 0.29) is 0 Å². The summed E-state index contributed by atoms with van der Waals surface area (Å²) >= 11 is 0. The molecule has 0 aliphatic carbocycles. The Kier molecular flexibility index (Phi) is 3.05. The van der Waals surface area contributed by atoms with Crippen LogP contribution in [0.2, 0.25) is 0 Å². The molecule has 3 nitrogen and oxygen atoms in total. The summed E-state index contributed by atoms with van der Waals surface area (Å²) in [7, 11) is 0. The molecule has 0 saturated heterocycles. The summed E-state index contributed by atoms with van der Waals surface area (Å²) < 4.78 is 7.42. The van der Waals surface area contributed by atoms with Crippen LogP contribution in [-0.2, 0) is 0 Å². The minimum atomic E-state index is 0.610. The van der Waals surface area contributed by atoms with Gasteiger partial charge in [0.05, 0.1) is 18.3 Å². The molecule has 0 fully saturated rings. The van der Waals surface area contributed by atoms with Gasteiger partial charge in [0.15, 0.2) is 0 Å². The van der Waals surface area contributed by atoms with E-state index >= 15 is 0 Å². The quantitative estimate of drug-likeness (QED) is 0.565. The monoisotopic (exact) mass is 214 g/mol. The first kappa shape index (κ1) is 10.5. The van der Waals surface area contributed by atoms with Crippen molar-refractivity contribution in [2.45, 2.75) is 6.42 Å². The zero-order valence-corrected chi connectivity index (χ0v) is 9.10. The van der Waals surface area contributed by atoms with Gasteiger partial charge in [0.2, 0.25) is 5.88 Å². The standard InChI is InChI=1S/C13H14N2O/c1-3-5-8-16-13-10-11(4-2)9-12-6-7-14-15(12)13/h3-4,6-7,9-10H,1-2,5,8H2. The molecule has 0 N–H and O–H groups in total. The van der Waals surface area contributed by atoms with Gasteiger partial charge in [0.25, 0.3) is 0 Å². The first-order chi connectivity index (χ1) is 7.85. The molecule has 2 heterocycles. The summed E-state index contributed by atoms with van der Waals surface area (Å²) in [4.78, 5) is 0. The van der Waals surface area contributed by atoms with E-state index in [9.17, 15) is 0 Å². The van der Waals surface area contributed by atoms with E-state index in [1.165, 1.54) is 0 Å². The van der Waals surface area contributed by atoms with E-state index in [0.717, 1.165) is 23.4 Å². The van der Waals surface area contributed by atoms with E-state index in [2.05, 4.69) is 18.3 Å². The lowest BCUT2D eigenvalue weighted by molar-refractivity contribution is 0.304. The first-order valence-electron chi connectivity index (χ1n) is 5.19. The molecule has 2 aromatic rings. The number of aromatic nitrogens is 2. The van der Waals surface area contributed by atoms with Crippen LogP contribution in [0.4, 0.5) is 0 Å². The van der Waals surface area contributed by atoms with Crippen LogP contribution in [0.15, 0.2) is 43.6 Å². The smallest absolute Gasteiger partial charge is 0.215 e. The normalized spacial score (nSPS) is 10.2. The van der Waals surface area contributed by atoms with Gasteiger partial charge >= 0.3 is 0 Å². The number of rotatable bonds is 5. The van der Waals surface area contributed by atoms with Crippen molar-refractivity contribution in [1.29, 1.82) is 0 Å². The Balaban J connectivity index is 2.36. The van der Waals surface area contributed by atoms with Gasteiger partial charge in [-0.05, 0) is 24.1 Å². The summed E-state index contributed by atoms with van der Waals surface area (Å²) in [5.74, 6) is 0.735. The third kappa shape index (κ3) is 1.98. The van der Waals surface area contributed by atoms with E-state index < -0.39 is 0 Å². The Bertz CT molecular complexity index is 514. The van der Waals surface area contributed by atoms with Crippen LogP contribution >= 0.6 is 0 Å². The van der Waals surface area contributed by atoms with Crippen molar-refractivity contribution in [3.05, 3.63) is 49.2 Å². The molecule has 0 aliphatic heterocycles. The van der Waals surface area contributed by atoms with Crippen LogP contribution in [0.3, 0.4) is 0 Å². The summed E-state index contributed by atoms with van der Waals surface area (Å²) in [6.07, 6.45) is 6.20. The molecule has 82 valence electrons. The number of fused-ring (bicyclic) bond motifs is 1. The van der Waals surface area contributed by atoms with Gasteiger partial charge in [0, 0.05) is 6.07 Å². The fourth-order valence-electron chi connectivity index (χ4n) is 1.49. The van der Waals surface area contributed by atoms with Crippen LogP contribution in [0, 0.1) is 0 Å². The number of nitrogens with zero attached hydrogens (tertiary/aromatic N) is 2. The number of hydrogen-bond acceptors (Lipinski definition) is 2. The zero-order valence-electron chi connectivity index (χ0n) is 9.10. The third-order valence-electron chi connectivity index (χ3n) is 2.29. The molecule has 0 amide bonds. The highest BCUT2D eigenvalue weighted by Gasteiger charge is 2.03. The molecule has 0 spiro atoms. The average Bonchev–Trinajstić information content (AvgIpc) is 2.77. The van der Waals surface area contributed by atoms with Crippen LogP contribution in [-0.4, -0.2) is 16.2 Å². The number of hydrogen-bond donors (Lipinski definition) is 0. The molecule has 0 unspecified atom stereocenters. The number of pyridine rings is 1. The van der Waals surface area contributed by atoms with Crippen molar-refractivity contribution in [2.24, 2.45) is 0 Å². The maximum Gasteiger partial charge on any atom is 0.215 e. The number of ether oxygens (including phenoxy) is 1. The molecule has 0 radical (unpaired) electrons. The van der Waals surface area contributed by atoms with E-state index in [0.29, 0.717) is 6.61 Å². The van der Waals surface area contributed by atoms with Crippen molar-refractivity contribution in [1.82, 2.24) is 9.61 Å². The van der Waals surface area contributed by atoms with Crippen molar-refractivity contribution in [2.75, 3.05) is 6.61 Å². The summed E-state index contributed by atoms with van der Waals surface area (Å²) in [6, 6.07) is 5.88. The predicted octanol–water partition coefficient (Wildman–Crippen LogP) is 2.93. The minimum absolute atomic E-state index is 0.610. The van der Waals surface area contributed by atoms with Gasteiger partial charge in [-0.15, -0.1) is 6.58 Å². The third-order valence-corrected chi connectivity index (χ3v) is 2.29. The molecule has 0 aliphatic rings. The minimum Gasteiger partial charge on any atom is -0.477 e. The molecule has 0 saturated carbocycles.